The summed E-state index contributed by atoms with van der Waals surface area (Å²) in [7, 11) is 0. The molecule has 0 saturated carbocycles. The third-order valence-electron chi connectivity index (χ3n) is 4.70. The summed E-state index contributed by atoms with van der Waals surface area (Å²) in [6, 6.07) is 7.05. The minimum atomic E-state index is -0.771. The van der Waals surface area contributed by atoms with E-state index in [0.29, 0.717) is 24.7 Å². The zero-order chi connectivity index (χ0) is 15.9. The molecule has 2 aliphatic heterocycles. The third-order valence-corrected chi connectivity index (χ3v) is 4.93. The number of hydrogen-bond acceptors (Lipinski definition) is 3. The standard InChI is InChI=1S/C16H19ClN2O3/c1-10-8-18(9-13(10)16(21)22)14-5-6-19(15(14)20)12-4-2-3-11(17)7-12/h2-4,7,10,13-14H,5-6,8-9H2,1H3,(H,21,22)/t10-,13-,14?/m1/s1. The number of carboxylic acids is 1. The Morgan fingerprint density at radius 2 is 2.14 bits per heavy atom. The fourth-order valence-corrected chi connectivity index (χ4v) is 3.67. The first kappa shape index (κ1) is 15.3. The van der Waals surface area contributed by atoms with Crippen molar-refractivity contribution in [1.82, 2.24) is 4.90 Å². The lowest BCUT2D eigenvalue weighted by molar-refractivity contribution is -0.142. The number of nitrogens with zero attached hydrogens (tertiary/aromatic N) is 2. The van der Waals surface area contributed by atoms with Crippen LogP contribution in [0.5, 0.6) is 0 Å². The number of amides is 1. The van der Waals surface area contributed by atoms with Crippen LogP contribution in [0.4, 0.5) is 5.69 Å². The Bertz CT molecular complexity index is 607. The average Bonchev–Trinajstić information content (AvgIpc) is 3.02. The van der Waals surface area contributed by atoms with Crippen LogP contribution in [0.3, 0.4) is 0 Å². The van der Waals surface area contributed by atoms with Gasteiger partial charge in [-0.25, -0.2) is 0 Å². The van der Waals surface area contributed by atoms with Gasteiger partial charge in [-0.15, -0.1) is 0 Å². The molecule has 1 N–H and O–H groups in total. The van der Waals surface area contributed by atoms with E-state index < -0.39 is 5.97 Å². The second kappa shape index (κ2) is 5.89. The number of carbonyl (C=O) groups is 2. The van der Waals surface area contributed by atoms with Crippen LogP contribution in [-0.4, -0.2) is 47.6 Å². The molecule has 1 unspecified atom stereocenters. The lowest BCUT2D eigenvalue weighted by Crippen LogP contribution is -2.41. The van der Waals surface area contributed by atoms with Crippen LogP contribution in [-0.2, 0) is 9.59 Å². The Morgan fingerprint density at radius 1 is 1.36 bits per heavy atom. The van der Waals surface area contributed by atoms with E-state index in [9.17, 15) is 14.7 Å². The third kappa shape index (κ3) is 2.71. The Morgan fingerprint density at radius 3 is 2.77 bits per heavy atom. The van der Waals surface area contributed by atoms with Gasteiger partial charge in [0.2, 0.25) is 5.91 Å². The zero-order valence-corrected chi connectivity index (χ0v) is 13.2. The van der Waals surface area contributed by atoms with Crippen LogP contribution in [0.1, 0.15) is 13.3 Å². The molecule has 1 amide bonds. The number of likely N-dealkylation sites (tertiary alicyclic amines) is 1. The molecule has 0 bridgehead atoms. The Labute approximate surface area is 134 Å². The van der Waals surface area contributed by atoms with Gasteiger partial charge in [0.15, 0.2) is 0 Å². The number of carbonyl (C=O) groups excluding carboxylic acids is 1. The van der Waals surface area contributed by atoms with Crippen LogP contribution in [0.15, 0.2) is 24.3 Å². The molecular formula is C16H19ClN2O3. The van der Waals surface area contributed by atoms with Gasteiger partial charge in [-0.2, -0.15) is 0 Å². The largest absolute Gasteiger partial charge is 0.481 e. The van der Waals surface area contributed by atoms with Gasteiger partial charge in [0, 0.05) is 30.3 Å². The van der Waals surface area contributed by atoms with Crippen LogP contribution in [0.2, 0.25) is 5.02 Å². The predicted octanol–water partition coefficient (Wildman–Crippen LogP) is 2.10. The number of halogens is 1. The first-order valence-electron chi connectivity index (χ1n) is 7.51. The molecule has 0 aromatic heterocycles. The van der Waals surface area contributed by atoms with Gasteiger partial charge in [-0.1, -0.05) is 24.6 Å². The Kier molecular flexibility index (Phi) is 4.10. The maximum Gasteiger partial charge on any atom is 0.308 e. The van der Waals surface area contributed by atoms with E-state index in [-0.39, 0.29) is 23.8 Å². The van der Waals surface area contributed by atoms with Crippen molar-refractivity contribution in [2.45, 2.75) is 19.4 Å². The maximum absolute atomic E-state index is 12.7. The van der Waals surface area contributed by atoms with Crippen molar-refractivity contribution >= 4 is 29.2 Å². The molecule has 2 saturated heterocycles. The highest BCUT2D eigenvalue weighted by molar-refractivity contribution is 6.31. The normalized spacial score (nSPS) is 29.3. The van der Waals surface area contributed by atoms with Crippen LogP contribution >= 0.6 is 11.6 Å². The molecule has 1 aromatic rings. The minimum absolute atomic E-state index is 0.0421. The number of carboxylic acid groups (broad SMARTS) is 1. The topological polar surface area (TPSA) is 60.9 Å². The van der Waals surface area contributed by atoms with Gasteiger partial charge >= 0.3 is 5.97 Å². The summed E-state index contributed by atoms with van der Waals surface area (Å²) in [4.78, 5) is 27.7. The SMILES string of the molecule is C[C@@H]1CN(C2CCN(c3cccc(Cl)c3)C2=O)C[C@H]1C(=O)O. The molecule has 22 heavy (non-hydrogen) atoms. The van der Waals surface area contributed by atoms with E-state index in [1.807, 2.05) is 24.0 Å². The van der Waals surface area contributed by atoms with Gasteiger partial charge in [-0.3, -0.25) is 14.5 Å². The fraction of sp³-hybridized carbons (Fsp3) is 0.500. The van der Waals surface area contributed by atoms with E-state index in [2.05, 4.69) is 0 Å². The van der Waals surface area contributed by atoms with E-state index >= 15 is 0 Å². The van der Waals surface area contributed by atoms with Crippen molar-refractivity contribution in [3.8, 4) is 0 Å². The molecule has 3 atom stereocenters. The molecule has 118 valence electrons. The smallest absolute Gasteiger partial charge is 0.308 e. The maximum atomic E-state index is 12.7. The molecule has 0 spiro atoms. The lowest BCUT2D eigenvalue weighted by Gasteiger charge is -2.23. The van der Waals surface area contributed by atoms with E-state index in [1.165, 1.54) is 0 Å². The Hall–Kier alpha value is -1.59. The molecule has 0 radical (unpaired) electrons. The average molecular weight is 323 g/mol. The summed E-state index contributed by atoms with van der Waals surface area (Å²) in [5.41, 5.74) is 0.807. The van der Waals surface area contributed by atoms with Gasteiger partial charge in [-0.05, 0) is 30.5 Å². The summed E-state index contributed by atoms with van der Waals surface area (Å²) in [6.07, 6.45) is 0.727. The van der Waals surface area contributed by atoms with Crippen molar-refractivity contribution < 1.29 is 14.7 Å². The molecule has 6 heteroatoms. The molecule has 3 rings (SSSR count). The highest BCUT2D eigenvalue weighted by atomic mass is 35.5. The highest BCUT2D eigenvalue weighted by Crippen LogP contribution is 2.31. The van der Waals surface area contributed by atoms with Gasteiger partial charge in [0.05, 0.1) is 12.0 Å². The lowest BCUT2D eigenvalue weighted by atomic mass is 9.99. The number of hydrogen-bond donors (Lipinski definition) is 1. The summed E-state index contributed by atoms with van der Waals surface area (Å²) in [5.74, 6) is -1.04. The quantitative estimate of drug-likeness (QED) is 0.925. The van der Waals surface area contributed by atoms with Crippen molar-refractivity contribution in [2.75, 3.05) is 24.5 Å². The summed E-state index contributed by atoms with van der Waals surface area (Å²) in [5, 5.41) is 9.84. The minimum Gasteiger partial charge on any atom is -0.481 e. The van der Waals surface area contributed by atoms with Crippen LogP contribution < -0.4 is 4.90 Å². The second-order valence-corrected chi connectivity index (χ2v) is 6.59. The predicted molar refractivity (Wildman–Crippen MR) is 84.1 cm³/mol. The molecule has 2 fully saturated rings. The molecule has 2 aliphatic rings. The number of anilines is 1. The Balaban J connectivity index is 1.73. The molecule has 1 aromatic carbocycles. The molecule has 2 heterocycles. The van der Waals surface area contributed by atoms with Crippen molar-refractivity contribution in [1.29, 1.82) is 0 Å². The van der Waals surface area contributed by atoms with E-state index in [0.717, 1.165) is 12.1 Å². The van der Waals surface area contributed by atoms with E-state index in [4.69, 9.17) is 11.6 Å². The summed E-state index contributed by atoms with van der Waals surface area (Å²) >= 11 is 5.99. The molecular weight excluding hydrogens is 304 g/mol. The van der Waals surface area contributed by atoms with Crippen molar-refractivity contribution in [3.63, 3.8) is 0 Å². The first-order chi connectivity index (χ1) is 10.5. The number of benzene rings is 1. The van der Waals surface area contributed by atoms with Crippen molar-refractivity contribution in [3.05, 3.63) is 29.3 Å². The van der Waals surface area contributed by atoms with Crippen LogP contribution in [0.25, 0.3) is 0 Å². The monoisotopic (exact) mass is 322 g/mol. The van der Waals surface area contributed by atoms with Crippen molar-refractivity contribution in [2.24, 2.45) is 11.8 Å². The molecule has 0 aliphatic carbocycles. The fourth-order valence-electron chi connectivity index (χ4n) is 3.48. The summed E-state index contributed by atoms with van der Waals surface area (Å²) in [6.45, 7) is 3.70. The first-order valence-corrected chi connectivity index (χ1v) is 7.89. The zero-order valence-electron chi connectivity index (χ0n) is 12.4. The van der Waals surface area contributed by atoms with E-state index in [1.54, 1.807) is 17.0 Å². The van der Waals surface area contributed by atoms with Crippen LogP contribution in [0, 0.1) is 11.8 Å². The number of rotatable bonds is 3. The van der Waals surface area contributed by atoms with Gasteiger partial charge in [0.1, 0.15) is 0 Å². The second-order valence-electron chi connectivity index (χ2n) is 6.15. The highest BCUT2D eigenvalue weighted by Gasteiger charge is 2.43. The summed E-state index contributed by atoms with van der Waals surface area (Å²) < 4.78 is 0. The van der Waals surface area contributed by atoms with Gasteiger partial charge < -0.3 is 10.0 Å². The molecule has 5 nitrogen and oxygen atoms in total. The van der Waals surface area contributed by atoms with Gasteiger partial charge in [0.25, 0.3) is 0 Å². The number of aliphatic carboxylic acids is 1.